The minimum absolute atomic E-state index is 0.0575. The number of aliphatic hydroxyl groups is 1. The number of ether oxygens (including phenoxy) is 1. The number of amides is 2. The van der Waals surface area contributed by atoms with Crippen LogP contribution >= 0.6 is 0 Å². The summed E-state index contributed by atoms with van der Waals surface area (Å²) in [6.07, 6.45) is 3.14. The van der Waals surface area contributed by atoms with Gasteiger partial charge in [-0.3, -0.25) is 0 Å². The Balaban J connectivity index is 1.64. The van der Waals surface area contributed by atoms with Crippen LogP contribution in [0, 0.1) is 5.41 Å². The van der Waals surface area contributed by atoms with Gasteiger partial charge in [-0.2, -0.15) is 0 Å². The number of nitrogens with one attached hydrogen (secondary N) is 1. The number of furan rings is 1. The molecule has 6 heteroatoms. The molecule has 1 fully saturated rings. The second kappa shape index (κ2) is 7.72. The molecule has 0 atom stereocenters. The number of hydrogen-bond acceptors (Lipinski definition) is 4. The molecule has 0 bridgehead atoms. The summed E-state index contributed by atoms with van der Waals surface area (Å²) >= 11 is 0. The van der Waals surface area contributed by atoms with Gasteiger partial charge in [0.25, 0.3) is 0 Å². The van der Waals surface area contributed by atoms with Crippen LogP contribution in [0.2, 0.25) is 0 Å². The molecule has 1 saturated heterocycles. The molecule has 0 saturated carbocycles. The third-order valence-electron chi connectivity index (χ3n) is 4.73. The minimum Gasteiger partial charge on any atom is -0.464 e. The van der Waals surface area contributed by atoms with Crippen LogP contribution in [0.25, 0.3) is 11.3 Å². The summed E-state index contributed by atoms with van der Waals surface area (Å²) in [5, 5.41) is 12.7. The molecule has 2 heterocycles. The summed E-state index contributed by atoms with van der Waals surface area (Å²) in [5.74, 6) is 0.755. The Morgan fingerprint density at radius 2 is 2.08 bits per heavy atom. The van der Waals surface area contributed by atoms with Gasteiger partial charge in [0.2, 0.25) is 0 Å². The number of nitrogens with zero attached hydrogens (tertiary/aromatic N) is 1. The largest absolute Gasteiger partial charge is 0.464 e. The van der Waals surface area contributed by atoms with Crippen LogP contribution in [0.1, 0.15) is 12.8 Å². The molecule has 0 unspecified atom stereocenters. The van der Waals surface area contributed by atoms with Crippen LogP contribution in [0.5, 0.6) is 0 Å². The second-order valence-electron chi connectivity index (χ2n) is 6.61. The van der Waals surface area contributed by atoms with Crippen LogP contribution in [-0.2, 0) is 4.74 Å². The number of carbonyl (C=O) groups is 1. The highest BCUT2D eigenvalue weighted by molar-refractivity contribution is 5.89. The van der Waals surface area contributed by atoms with Crippen LogP contribution in [0.15, 0.2) is 47.1 Å². The fourth-order valence-corrected chi connectivity index (χ4v) is 3.16. The van der Waals surface area contributed by atoms with Crippen LogP contribution in [0.3, 0.4) is 0 Å². The summed E-state index contributed by atoms with van der Waals surface area (Å²) in [6, 6.07) is 11.0. The van der Waals surface area contributed by atoms with E-state index < -0.39 is 0 Å². The van der Waals surface area contributed by atoms with Gasteiger partial charge in [-0.25, -0.2) is 4.79 Å². The lowest BCUT2D eigenvalue weighted by Crippen LogP contribution is -2.45. The van der Waals surface area contributed by atoms with E-state index in [4.69, 9.17) is 9.15 Å². The van der Waals surface area contributed by atoms with Crippen molar-refractivity contribution in [1.29, 1.82) is 0 Å². The molecule has 2 N–H and O–H groups in total. The Kier molecular flexibility index (Phi) is 5.40. The fourth-order valence-electron chi connectivity index (χ4n) is 3.16. The van der Waals surface area contributed by atoms with Crippen molar-refractivity contribution in [3.63, 3.8) is 0 Å². The fraction of sp³-hybridized carbons (Fsp3) is 0.421. The number of hydrogen-bond donors (Lipinski definition) is 2. The van der Waals surface area contributed by atoms with Crippen molar-refractivity contribution in [3.05, 3.63) is 42.7 Å². The van der Waals surface area contributed by atoms with E-state index in [9.17, 15) is 9.90 Å². The summed E-state index contributed by atoms with van der Waals surface area (Å²) in [6.45, 7) is 1.81. The lowest BCUT2D eigenvalue weighted by molar-refractivity contribution is -0.0255. The van der Waals surface area contributed by atoms with Gasteiger partial charge in [-0.1, -0.05) is 12.1 Å². The number of anilines is 1. The van der Waals surface area contributed by atoms with Crippen molar-refractivity contribution in [2.24, 2.45) is 5.41 Å². The van der Waals surface area contributed by atoms with Crippen LogP contribution in [0.4, 0.5) is 10.5 Å². The first-order chi connectivity index (χ1) is 12.1. The first-order valence-electron chi connectivity index (χ1n) is 8.47. The molecule has 1 aromatic carbocycles. The maximum atomic E-state index is 12.5. The van der Waals surface area contributed by atoms with Crippen molar-refractivity contribution in [3.8, 4) is 11.3 Å². The maximum Gasteiger partial charge on any atom is 0.321 e. The Bertz CT molecular complexity index is 693. The van der Waals surface area contributed by atoms with E-state index in [1.807, 2.05) is 36.4 Å². The molecule has 2 aromatic rings. The molecule has 1 aliphatic rings. The average molecular weight is 344 g/mol. The third-order valence-corrected chi connectivity index (χ3v) is 4.73. The van der Waals surface area contributed by atoms with Crippen LogP contribution < -0.4 is 5.32 Å². The Morgan fingerprint density at radius 1 is 1.28 bits per heavy atom. The predicted octanol–water partition coefficient (Wildman–Crippen LogP) is 3.20. The molecule has 2 amide bonds. The zero-order valence-electron chi connectivity index (χ0n) is 14.4. The molecule has 0 radical (unpaired) electrons. The predicted molar refractivity (Wildman–Crippen MR) is 95.4 cm³/mol. The summed E-state index contributed by atoms with van der Waals surface area (Å²) in [5.41, 5.74) is 1.33. The van der Waals surface area contributed by atoms with Gasteiger partial charge in [0.1, 0.15) is 5.76 Å². The monoisotopic (exact) mass is 344 g/mol. The molecular weight excluding hydrogens is 320 g/mol. The smallest absolute Gasteiger partial charge is 0.321 e. The highest BCUT2D eigenvalue weighted by Crippen LogP contribution is 2.31. The zero-order chi connectivity index (χ0) is 17.7. The van der Waals surface area contributed by atoms with Crippen molar-refractivity contribution in [1.82, 2.24) is 4.90 Å². The van der Waals surface area contributed by atoms with Gasteiger partial charge < -0.3 is 24.5 Å². The maximum absolute atomic E-state index is 12.5. The van der Waals surface area contributed by atoms with Gasteiger partial charge >= 0.3 is 6.03 Å². The van der Waals surface area contributed by atoms with Gasteiger partial charge in [0.05, 0.1) is 12.9 Å². The third kappa shape index (κ3) is 4.21. The molecule has 0 aliphatic carbocycles. The van der Waals surface area contributed by atoms with Gasteiger partial charge in [0.15, 0.2) is 0 Å². The lowest BCUT2D eigenvalue weighted by Gasteiger charge is -2.38. The van der Waals surface area contributed by atoms with E-state index in [1.165, 1.54) is 0 Å². The number of benzene rings is 1. The molecule has 134 valence electrons. The molecular formula is C19H24N2O4. The van der Waals surface area contributed by atoms with E-state index in [-0.39, 0.29) is 18.1 Å². The normalized spacial score (nSPS) is 16.4. The second-order valence-corrected chi connectivity index (χ2v) is 6.61. The first-order valence-corrected chi connectivity index (χ1v) is 8.47. The van der Waals surface area contributed by atoms with Gasteiger partial charge in [-0.15, -0.1) is 0 Å². The van der Waals surface area contributed by atoms with Gasteiger partial charge in [-0.05, 0) is 37.1 Å². The number of aliphatic hydroxyl groups excluding tert-OH is 1. The zero-order valence-corrected chi connectivity index (χ0v) is 14.4. The SMILES string of the molecule is CN(CC1(CO)CCOCC1)C(=O)Nc1cccc(-c2ccco2)c1. The Labute approximate surface area is 147 Å². The lowest BCUT2D eigenvalue weighted by atomic mass is 9.80. The average Bonchev–Trinajstić information content (AvgIpc) is 3.17. The van der Waals surface area contributed by atoms with E-state index in [1.54, 1.807) is 18.2 Å². The molecule has 3 rings (SSSR count). The molecule has 25 heavy (non-hydrogen) atoms. The van der Waals surface area contributed by atoms with Crippen LogP contribution in [-0.4, -0.2) is 49.5 Å². The van der Waals surface area contributed by atoms with E-state index >= 15 is 0 Å². The van der Waals surface area contributed by atoms with Gasteiger partial charge in [0, 0.05) is 43.5 Å². The first kappa shape index (κ1) is 17.5. The topological polar surface area (TPSA) is 74.9 Å². The van der Waals surface area contributed by atoms with Crippen molar-refractivity contribution in [2.75, 3.05) is 38.7 Å². The number of urea groups is 1. The van der Waals surface area contributed by atoms with E-state index in [0.29, 0.717) is 25.4 Å². The molecule has 1 aliphatic heterocycles. The molecule has 6 nitrogen and oxygen atoms in total. The summed E-state index contributed by atoms with van der Waals surface area (Å²) in [7, 11) is 1.75. The number of rotatable bonds is 5. The Hall–Kier alpha value is -2.31. The Morgan fingerprint density at radius 3 is 2.76 bits per heavy atom. The minimum atomic E-state index is -0.277. The van der Waals surface area contributed by atoms with E-state index in [0.717, 1.165) is 24.2 Å². The highest BCUT2D eigenvalue weighted by Gasteiger charge is 2.34. The van der Waals surface area contributed by atoms with Crippen molar-refractivity contribution < 1.29 is 19.1 Å². The van der Waals surface area contributed by atoms with Crippen molar-refractivity contribution >= 4 is 11.7 Å². The summed E-state index contributed by atoms with van der Waals surface area (Å²) in [4.78, 5) is 14.1. The highest BCUT2D eigenvalue weighted by atomic mass is 16.5. The van der Waals surface area contributed by atoms with Crippen molar-refractivity contribution in [2.45, 2.75) is 12.8 Å². The summed E-state index contributed by atoms with van der Waals surface area (Å²) < 4.78 is 10.8. The standard InChI is InChI=1S/C19H24N2O4/c1-21(13-19(14-22)7-10-24-11-8-19)18(23)20-16-5-2-4-15(12-16)17-6-3-9-25-17/h2-6,9,12,22H,7-8,10-11,13-14H2,1H3,(H,20,23). The number of carbonyl (C=O) groups excluding carboxylic acids is 1. The molecule has 0 spiro atoms. The molecule has 1 aromatic heterocycles. The quantitative estimate of drug-likeness (QED) is 0.873. The van der Waals surface area contributed by atoms with E-state index in [2.05, 4.69) is 5.32 Å².